The molecule has 2 amide bonds. The van der Waals surface area contributed by atoms with Crippen LogP contribution in [0.3, 0.4) is 0 Å². The van der Waals surface area contributed by atoms with Crippen LogP contribution in [0.25, 0.3) is 0 Å². The van der Waals surface area contributed by atoms with Crippen LogP contribution in [-0.2, 0) is 9.53 Å². The Bertz CT molecular complexity index is 738. The lowest BCUT2D eigenvalue weighted by Crippen LogP contribution is -2.57. The summed E-state index contributed by atoms with van der Waals surface area (Å²) in [6.45, 7) is 4.38. The van der Waals surface area contributed by atoms with E-state index in [0.29, 0.717) is 69.8 Å². The first-order chi connectivity index (χ1) is 13.5. The van der Waals surface area contributed by atoms with E-state index in [1.807, 2.05) is 18.2 Å². The number of aliphatic hydroxyl groups is 1. The van der Waals surface area contributed by atoms with Crippen LogP contribution in [0.5, 0.6) is 5.75 Å². The number of piperidine rings is 1. The summed E-state index contributed by atoms with van der Waals surface area (Å²) in [6.07, 6.45) is 2.19. The second-order valence-electron chi connectivity index (χ2n) is 8.06. The molecular formula is C21H28N2O5. The maximum atomic E-state index is 13.3. The molecule has 28 heavy (non-hydrogen) atoms. The summed E-state index contributed by atoms with van der Waals surface area (Å²) in [5.41, 5.74) is -0.0350. The Kier molecular flexibility index (Phi) is 5.29. The molecule has 0 saturated carbocycles. The molecule has 1 unspecified atom stereocenters. The number of fused-ring (bicyclic) bond motifs is 1. The Morgan fingerprint density at radius 2 is 1.89 bits per heavy atom. The fraction of sp³-hybridized carbons (Fsp3) is 0.619. The number of carbonyl (C=O) groups is 2. The third kappa shape index (κ3) is 3.61. The third-order valence-electron chi connectivity index (χ3n) is 6.17. The van der Waals surface area contributed by atoms with Gasteiger partial charge in [-0.25, -0.2) is 0 Å². The predicted octanol–water partition coefficient (Wildman–Crippen LogP) is 1.44. The van der Waals surface area contributed by atoms with Gasteiger partial charge in [-0.15, -0.1) is 0 Å². The summed E-state index contributed by atoms with van der Waals surface area (Å²) in [5, 5.41) is 9.72. The molecule has 7 nitrogen and oxygen atoms in total. The van der Waals surface area contributed by atoms with Crippen LogP contribution in [-0.4, -0.2) is 77.3 Å². The SMILES string of the molecule is CC(C(=O)N1CCC(O)CC1)N1CC2(CCOCC2)Oc2ccccc2C1=O. The molecule has 7 heteroatoms. The predicted molar refractivity (Wildman–Crippen MR) is 102 cm³/mol. The molecular weight excluding hydrogens is 360 g/mol. The molecule has 1 atom stereocenters. The Balaban J connectivity index is 1.62. The monoisotopic (exact) mass is 388 g/mol. The van der Waals surface area contributed by atoms with Gasteiger partial charge in [-0.2, -0.15) is 0 Å². The van der Waals surface area contributed by atoms with Gasteiger partial charge in [-0.1, -0.05) is 12.1 Å². The Morgan fingerprint density at radius 1 is 1.21 bits per heavy atom. The highest BCUT2D eigenvalue weighted by Gasteiger charge is 2.44. The van der Waals surface area contributed by atoms with Crippen molar-refractivity contribution in [1.29, 1.82) is 0 Å². The maximum absolute atomic E-state index is 13.3. The maximum Gasteiger partial charge on any atom is 0.258 e. The molecule has 0 aliphatic carbocycles. The summed E-state index contributed by atoms with van der Waals surface area (Å²) >= 11 is 0. The first-order valence-corrected chi connectivity index (χ1v) is 10.1. The number of aliphatic hydroxyl groups excluding tert-OH is 1. The fourth-order valence-electron chi connectivity index (χ4n) is 4.33. The molecule has 1 N–H and O–H groups in total. The molecule has 1 aromatic rings. The summed E-state index contributed by atoms with van der Waals surface area (Å²) in [7, 11) is 0. The van der Waals surface area contributed by atoms with Crippen LogP contribution < -0.4 is 4.74 Å². The first-order valence-electron chi connectivity index (χ1n) is 10.1. The van der Waals surface area contributed by atoms with Gasteiger partial charge in [0.25, 0.3) is 5.91 Å². The number of para-hydroxylation sites is 1. The number of rotatable bonds is 2. The number of amides is 2. The molecule has 3 heterocycles. The highest BCUT2D eigenvalue weighted by Crippen LogP contribution is 2.36. The van der Waals surface area contributed by atoms with Crippen molar-refractivity contribution in [3.8, 4) is 5.75 Å². The van der Waals surface area contributed by atoms with Crippen molar-refractivity contribution >= 4 is 11.8 Å². The number of likely N-dealkylation sites (tertiary alicyclic amines) is 1. The molecule has 0 bridgehead atoms. The van der Waals surface area contributed by atoms with Crippen molar-refractivity contribution in [2.45, 2.75) is 50.4 Å². The van der Waals surface area contributed by atoms with Crippen molar-refractivity contribution < 1.29 is 24.2 Å². The molecule has 3 aliphatic rings. The zero-order chi connectivity index (χ0) is 19.7. The quantitative estimate of drug-likeness (QED) is 0.829. The van der Waals surface area contributed by atoms with E-state index in [9.17, 15) is 14.7 Å². The normalized spacial score (nSPS) is 23.7. The van der Waals surface area contributed by atoms with E-state index in [0.717, 1.165) is 0 Å². The summed E-state index contributed by atoms with van der Waals surface area (Å²) < 4.78 is 11.9. The minimum absolute atomic E-state index is 0.0677. The lowest BCUT2D eigenvalue weighted by atomic mass is 9.92. The second kappa shape index (κ2) is 7.72. The fourth-order valence-corrected chi connectivity index (χ4v) is 4.33. The first kappa shape index (κ1) is 19.2. The molecule has 0 aromatic heterocycles. The van der Waals surface area contributed by atoms with Crippen molar-refractivity contribution in [2.75, 3.05) is 32.8 Å². The van der Waals surface area contributed by atoms with Crippen molar-refractivity contribution in [2.24, 2.45) is 0 Å². The third-order valence-corrected chi connectivity index (χ3v) is 6.17. The number of nitrogens with zero attached hydrogens (tertiary/aromatic N) is 2. The van der Waals surface area contributed by atoms with E-state index >= 15 is 0 Å². The summed E-state index contributed by atoms with van der Waals surface area (Å²) in [6, 6.07) is 6.68. The molecule has 0 radical (unpaired) electrons. The van der Waals surface area contributed by atoms with Gasteiger partial charge in [0, 0.05) is 25.9 Å². The molecule has 3 aliphatic heterocycles. The van der Waals surface area contributed by atoms with E-state index < -0.39 is 11.6 Å². The number of carbonyl (C=O) groups excluding carboxylic acids is 2. The highest BCUT2D eigenvalue weighted by molar-refractivity contribution is 6.00. The summed E-state index contributed by atoms with van der Waals surface area (Å²) in [5.74, 6) is 0.344. The largest absolute Gasteiger partial charge is 0.484 e. The van der Waals surface area contributed by atoms with E-state index in [1.165, 1.54) is 0 Å². The number of hydrogen-bond acceptors (Lipinski definition) is 5. The molecule has 2 fully saturated rings. The molecule has 1 aromatic carbocycles. The van der Waals surface area contributed by atoms with E-state index in [1.54, 1.807) is 22.8 Å². The van der Waals surface area contributed by atoms with E-state index in [-0.39, 0.29) is 17.9 Å². The zero-order valence-electron chi connectivity index (χ0n) is 16.3. The van der Waals surface area contributed by atoms with Gasteiger partial charge < -0.3 is 24.4 Å². The second-order valence-corrected chi connectivity index (χ2v) is 8.06. The van der Waals surface area contributed by atoms with Crippen molar-refractivity contribution in [3.63, 3.8) is 0 Å². The van der Waals surface area contributed by atoms with Crippen LogP contribution in [0.15, 0.2) is 24.3 Å². The van der Waals surface area contributed by atoms with Gasteiger partial charge >= 0.3 is 0 Å². The average Bonchev–Trinajstić information content (AvgIpc) is 2.83. The average molecular weight is 388 g/mol. The standard InChI is InChI=1S/C21H28N2O5/c1-15(19(25)22-10-6-16(24)7-11-22)23-14-21(8-12-27-13-9-21)28-18-5-3-2-4-17(18)20(23)26/h2-5,15-16,24H,6-14H2,1H3. The topological polar surface area (TPSA) is 79.3 Å². The van der Waals surface area contributed by atoms with E-state index in [4.69, 9.17) is 9.47 Å². The number of ether oxygens (including phenoxy) is 2. The van der Waals surface area contributed by atoms with Crippen molar-refractivity contribution in [1.82, 2.24) is 9.80 Å². The smallest absolute Gasteiger partial charge is 0.258 e. The lowest BCUT2D eigenvalue weighted by Gasteiger charge is -2.41. The van der Waals surface area contributed by atoms with Gasteiger partial charge in [0.1, 0.15) is 17.4 Å². The van der Waals surface area contributed by atoms with Crippen LogP contribution in [0.2, 0.25) is 0 Å². The van der Waals surface area contributed by atoms with Crippen LogP contribution >= 0.6 is 0 Å². The minimum atomic E-state index is -0.586. The highest BCUT2D eigenvalue weighted by atomic mass is 16.5. The number of hydrogen-bond donors (Lipinski definition) is 1. The Morgan fingerprint density at radius 3 is 2.61 bits per heavy atom. The lowest BCUT2D eigenvalue weighted by molar-refractivity contribution is -0.138. The van der Waals surface area contributed by atoms with E-state index in [2.05, 4.69) is 0 Å². The summed E-state index contributed by atoms with van der Waals surface area (Å²) in [4.78, 5) is 29.9. The molecule has 152 valence electrons. The molecule has 1 spiro atoms. The zero-order valence-corrected chi connectivity index (χ0v) is 16.3. The Labute approximate surface area is 165 Å². The number of benzene rings is 1. The van der Waals surface area contributed by atoms with Gasteiger partial charge in [0.15, 0.2) is 0 Å². The van der Waals surface area contributed by atoms with Crippen LogP contribution in [0, 0.1) is 0 Å². The molecule has 4 rings (SSSR count). The Hall–Kier alpha value is -2.12. The minimum Gasteiger partial charge on any atom is -0.484 e. The van der Waals surface area contributed by atoms with Crippen LogP contribution in [0.4, 0.5) is 0 Å². The van der Waals surface area contributed by atoms with Crippen molar-refractivity contribution in [3.05, 3.63) is 29.8 Å². The van der Waals surface area contributed by atoms with Gasteiger partial charge in [0.05, 0.1) is 31.4 Å². The van der Waals surface area contributed by atoms with Gasteiger partial charge in [-0.3, -0.25) is 9.59 Å². The van der Waals surface area contributed by atoms with Gasteiger partial charge in [0.2, 0.25) is 5.91 Å². The molecule has 2 saturated heterocycles. The van der Waals surface area contributed by atoms with Crippen LogP contribution in [0.1, 0.15) is 43.0 Å². The van der Waals surface area contributed by atoms with Gasteiger partial charge in [-0.05, 0) is 31.9 Å².